The fraction of sp³-hybridized carbons (Fsp3) is 0.333. The van der Waals surface area contributed by atoms with Crippen molar-refractivity contribution in [3.05, 3.63) is 46.4 Å². The summed E-state index contributed by atoms with van der Waals surface area (Å²) < 4.78 is 23.3. The average Bonchev–Trinajstić information content (AvgIpc) is 2.72. The van der Waals surface area contributed by atoms with Crippen LogP contribution in [-0.4, -0.2) is 29.8 Å². The molecule has 0 unspecified atom stereocenters. The predicted molar refractivity (Wildman–Crippen MR) is 78.3 cm³/mol. The normalized spacial score (nSPS) is 17.8. The molecule has 1 fully saturated rings. The van der Waals surface area contributed by atoms with E-state index in [0.717, 1.165) is 11.1 Å². The van der Waals surface area contributed by atoms with E-state index in [1.54, 1.807) is 13.8 Å². The van der Waals surface area contributed by atoms with E-state index >= 15 is 0 Å². The highest BCUT2D eigenvalue weighted by atomic mass is 35.5. The number of hydroxylamine groups is 2. The minimum atomic E-state index is -1.12. The molecule has 1 saturated heterocycles. The molecule has 6 nitrogen and oxygen atoms in total. The number of nitrogens with zero attached hydrogens (tertiary/aromatic N) is 1. The molecule has 0 aromatic heterocycles. The van der Waals surface area contributed by atoms with Crippen molar-refractivity contribution in [1.82, 2.24) is 5.06 Å². The fourth-order valence-corrected chi connectivity index (χ4v) is 2.11. The predicted octanol–water partition coefficient (Wildman–Crippen LogP) is 2.56. The standard InChI is InChI=1S/C15H15ClFNO5/c1-15(2)22-12(14(20)23-15)7-13(19)18(21-3)8-9-4-5-11(17)10(16)6-9/h4-7H,8H2,1-3H3/b12-7+. The van der Waals surface area contributed by atoms with Gasteiger partial charge >= 0.3 is 5.97 Å². The van der Waals surface area contributed by atoms with Crippen LogP contribution in [0, 0.1) is 5.82 Å². The first kappa shape index (κ1) is 17.2. The van der Waals surface area contributed by atoms with Crippen molar-refractivity contribution in [1.29, 1.82) is 0 Å². The van der Waals surface area contributed by atoms with Crippen LogP contribution in [-0.2, 0) is 30.4 Å². The molecule has 1 amide bonds. The summed E-state index contributed by atoms with van der Waals surface area (Å²) in [6.45, 7) is 3.10. The number of rotatable bonds is 4. The van der Waals surface area contributed by atoms with Crippen molar-refractivity contribution in [3.63, 3.8) is 0 Å². The van der Waals surface area contributed by atoms with Crippen LogP contribution < -0.4 is 0 Å². The summed E-state index contributed by atoms with van der Waals surface area (Å²) >= 11 is 5.70. The van der Waals surface area contributed by atoms with Crippen molar-refractivity contribution in [2.45, 2.75) is 26.2 Å². The first-order chi connectivity index (χ1) is 10.7. The van der Waals surface area contributed by atoms with E-state index in [0.29, 0.717) is 5.56 Å². The Morgan fingerprint density at radius 1 is 1.43 bits per heavy atom. The van der Waals surface area contributed by atoms with Gasteiger partial charge in [0.05, 0.1) is 24.8 Å². The molecule has 23 heavy (non-hydrogen) atoms. The summed E-state index contributed by atoms with van der Waals surface area (Å²) in [6.07, 6.45) is 0.978. The van der Waals surface area contributed by atoms with Gasteiger partial charge in [-0.25, -0.2) is 14.2 Å². The minimum Gasteiger partial charge on any atom is -0.445 e. The number of hydrogen-bond acceptors (Lipinski definition) is 5. The maximum absolute atomic E-state index is 13.1. The van der Waals surface area contributed by atoms with Gasteiger partial charge in [0.25, 0.3) is 5.91 Å². The van der Waals surface area contributed by atoms with E-state index in [-0.39, 0.29) is 17.3 Å². The van der Waals surface area contributed by atoms with Gasteiger partial charge in [-0.2, -0.15) is 0 Å². The lowest BCUT2D eigenvalue weighted by molar-refractivity contribution is -0.173. The fourth-order valence-electron chi connectivity index (χ4n) is 1.91. The molecule has 0 radical (unpaired) electrons. The highest BCUT2D eigenvalue weighted by Gasteiger charge is 2.38. The van der Waals surface area contributed by atoms with Crippen LogP contribution in [0.5, 0.6) is 0 Å². The first-order valence-corrected chi connectivity index (χ1v) is 7.03. The second kappa shape index (κ2) is 6.55. The second-order valence-corrected chi connectivity index (χ2v) is 5.61. The van der Waals surface area contributed by atoms with E-state index in [2.05, 4.69) is 0 Å². The zero-order valence-electron chi connectivity index (χ0n) is 12.8. The molecule has 0 spiro atoms. The average molecular weight is 344 g/mol. The minimum absolute atomic E-state index is 0.0115. The summed E-state index contributed by atoms with van der Waals surface area (Å²) in [4.78, 5) is 28.7. The monoisotopic (exact) mass is 343 g/mol. The third-order valence-electron chi connectivity index (χ3n) is 2.93. The number of ether oxygens (including phenoxy) is 2. The van der Waals surface area contributed by atoms with Gasteiger partial charge in [-0.1, -0.05) is 17.7 Å². The molecule has 1 heterocycles. The SMILES string of the molecule is CON(Cc1ccc(F)c(Cl)c1)C(=O)/C=C1/OC(C)(C)OC1=O. The molecule has 0 atom stereocenters. The third-order valence-corrected chi connectivity index (χ3v) is 3.22. The van der Waals surface area contributed by atoms with Crippen LogP contribution >= 0.6 is 11.6 Å². The van der Waals surface area contributed by atoms with E-state index < -0.39 is 23.5 Å². The van der Waals surface area contributed by atoms with Gasteiger partial charge in [0.15, 0.2) is 0 Å². The lowest BCUT2D eigenvalue weighted by Gasteiger charge is -2.18. The van der Waals surface area contributed by atoms with Gasteiger partial charge in [-0.05, 0) is 17.7 Å². The number of amides is 1. The van der Waals surface area contributed by atoms with E-state index in [4.69, 9.17) is 25.9 Å². The lowest BCUT2D eigenvalue weighted by atomic mass is 10.2. The first-order valence-electron chi connectivity index (χ1n) is 6.65. The van der Waals surface area contributed by atoms with Crippen LogP contribution in [0.15, 0.2) is 30.0 Å². The van der Waals surface area contributed by atoms with Crippen molar-refractivity contribution in [2.75, 3.05) is 7.11 Å². The number of hydrogen-bond donors (Lipinski definition) is 0. The molecule has 124 valence electrons. The molecule has 1 aromatic carbocycles. The van der Waals surface area contributed by atoms with Crippen molar-refractivity contribution in [2.24, 2.45) is 0 Å². The topological polar surface area (TPSA) is 65.1 Å². The number of esters is 1. The Labute approximate surface area is 137 Å². The maximum atomic E-state index is 13.1. The van der Waals surface area contributed by atoms with Crippen LogP contribution in [0.1, 0.15) is 19.4 Å². The zero-order chi connectivity index (χ0) is 17.2. The number of carbonyl (C=O) groups is 2. The molecule has 0 aliphatic carbocycles. The van der Waals surface area contributed by atoms with Gasteiger partial charge in [0.1, 0.15) is 5.82 Å². The molecule has 2 rings (SSSR count). The molecular weight excluding hydrogens is 329 g/mol. The molecule has 0 bridgehead atoms. The smallest absolute Gasteiger partial charge is 0.377 e. The van der Waals surface area contributed by atoms with Crippen LogP contribution in [0.4, 0.5) is 4.39 Å². The second-order valence-electron chi connectivity index (χ2n) is 5.21. The largest absolute Gasteiger partial charge is 0.445 e. The number of benzene rings is 1. The summed E-state index contributed by atoms with van der Waals surface area (Å²) in [7, 11) is 1.29. The van der Waals surface area contributed by atoms with Crippen LogP contribution in [0.2, 0.25) is 5.02 Å². The molecule has 1 aromatic rings. The highest BCUT2D eigenvalue weighted by Crippen LogP contribution is 2.26. The Morgan fingerprint density at radius 2 is 2.13 bits per heavy atom. The lowest BCUT2D eigenvalue weighted by Crippen LogP contribution is -2.28. The Bertz CT molecular complexity index is 674. The quantitative estimate of drug-likeness (QED) is 0.477. The van der Waals surface area contributed by atoms with E-state index in [1.165, 1.54) is 25.3 Å². The van der Waals surface area contributed by atoms with E-state index in [9.17, 15) is 14.0 Å². The number of halogens is 2. The molecular formula is C15H15ClFNO5. The van der Waals surface area contributed by atoms with Crippen molar-refractivity contribution >= 4 is 23.5 Å². The van der Waals surface area contributed by atoms with Gasteiger partial charge in [-0.3, -0.25) is 9.63 Å². The van der Waals surface area contributed by atoms with Gasteiger partial charge < -0.3 is 9.47 Å². The summed E-state index contributed by atoms with van der Waals surface area (Å²) in [5, 5.41) is 0.909. The molecule has 8 heteroatoms. The van der Waals surface area contributed by atoms with Gasteiger partial charge in [-0.15, -0.1) is 0 Å². The Kier molecular flexibility index (Phi) is 4.91. The Morgan fingerprint density at radius 3 is 2.65 bits per heavy atom. The summed E-state index contributed by atoms with van der Waals surface area (Å²) in [5.74, 6) is -3.25. The van der Waals surface area contributed by atoms with Gasteiger partial charge in [0, 0.05) is 13.8 Å². The zero-order valence-corrected chi connectivity index (χ0v) is 13.5. The van der Waals surface area contributed by atoms with Crippen LogP contribution in [0.25, 0.3) is 0 Å². The van der Waals surface area contributed by atoms with Crippen LogP contribution in [0.3, 0.4) is 0 Å². The molecule has 0 saturated carbocycles. The molecule has 0 N–H and O–H groups in total. The molecule has 1 aliphatic heterocycles. The van der Waals surface area contributed by atoms with Gasteiger partial charge in [0.2, 0.25) is 11.5 Å². The third kappa shape index (κ3) is 4.20. The summed E-state index contributed by atoms with van der Waals surface area (Å²) in [5.41, 5.74) is 0.556. The maximum Gasteiger partial charge on any atom is 0.377 e. The van der Waals surface area contributed by atoms with Crippen molar-refractivity contribution < 1.29 is 28.3 Å². The van der Waals surface area contributed by atoms with Crippen molar-refractivity contribution in [3.8, 4) is 0 Å². The Hall–Kier alpha value is -2.12. The number of carbonyl (C=O) groups excluding carboxylic acids is 2. The molecule has 1 aliphatic rings. The van der Waals surface area contributed by atoms with E-state index in [1.807, 2.05) is 0 Å². The Balaban J connectivity index is 2.13. The highest BCUT2D eigenvalue weighted by molar-refractivity contribution is 6.30. The summed E-state index contributed by atoms with van der Waals surface area (Å²) in [6, 6.07) is 4.04. The number of cyclic esters (lactones) is 1.